The maximum Gasteiger partial charge on any atom is 0.187 e. The largest absolute Gasteiger partial charge is 0.456 e. The van der Waals surface area contributed by atoms with Crippen molar-refractivity contribution in [1.29, 1.82) is 5.26 Å². The van der Waals surface area contributed by atoms with E-state index in [1.807, 2.05) is 60.7 Å². The number of nitriles is 1. The summed E-state index contributed by atoms with van der Waals surface area (Å²) < 4.78 is 13.3. The molecule has 0 aliphatic carbocycles. The van der Waals surface area contributed by atoms with Crippen molar-refractivity contribution in [2.24, 2.45) is 0 Å². The first-order valence-corrected chi connectivity index (χ1v) is 21.5. The van der Waals surface area contributed by atoms with Crippen molar-refractivity contribution in [3.05, 3.63) is 196 Å². The fourth-order valence-corrected chi connectivity index (χ4v) is 9.41. The number of anilines is 6. The average Bonchev–Trinajstić information content (AvgIpc) is 3.85. The lowest BCUT2D eigenvalue weighted by Gasteiger charge is -2.27. The van der Waals surface area contributed by atoms with Crippen LogP contribution in [0.5, 0.6) is 0 Å². The molecule has 0 bridgehead atoms. The van der Waals surface area contributed by atoms with Gasteiger partial charge in [0.15, 0.2) is 5.69 Å². The summed E-state index contributed by atoms with van der Waals surface area (Å²) in [6.07, 6.45) is 0. The van der Waals surface area contributed by atoms with E-state index in [4.69, 9.17) is 15.4 Å². The van der Waals surface area contributed by atoms with E-state index in [9.17, 15) is 5.26 Å². The van der Waals surface area contributed by atoms with Crippen LogP contribution >= 0.6 is 0 Å². The van der Waals surface area contributed by atoms with Crippen molar-refractivity contribution < 1.29 is 8.83 Å². The van der Waals surface area contributed by atoms with Crippen molar-refractivity contribution in [3.63, 3.8) is 0 Å². The van der Waals surface area contributed by atoms with E-state index in [-0.39, 0.29) is 0 Å². The van der Waals surface area contributed by atoms with Crippen molar-refractivity contribution in [1.82, 2.24) is 0 Å². The Morgan fingerprint density at radius 1 is 0.422 bits per heavy atom. The third-order valence-corrected chi connectivity index (χ3v) is 13.3. The molecule has 0 fully saturated rings. The van der Waals surface area contributed by atoms with Crippen LogP contribution in [0.3, 0.4) is 0 Å². The van der Waals surface area contributed by atoms with E-state index in [1.165, 1.54) is 33.4 Å². The summed E-state index contributed by atoms with van der Waals surface area (Å²) in [6.45, 7) is 20.5. The molecule has 6 heteroatoms. The molecule has 9 aromatic carbocycles. The highest BCUT2D eigenvalue weighted by Gasteiger charge is 2.21. The zero-order valence-corrected chi connectivity index (χ0v) is 36.5. The maximum atomic E-state index is 9.54. The molecule has 0 N–H and O–H groups in total. The number of benzene rings is 9. The van der Waals surface area contributed by atoms with Crippen LogP contribution < -0.4 is 9.80 Å². The van der Waals surface area contributed by atoms with Crippen molar-refractivity contribution in [2.75, 3.05) is 9.80 Å². The average molecular weight is 827 g/mol. The molecule has 64 heavy (non-hydrogen) atoms. The van der Waals surface area contributed by atoms with Crippen molar-refractivity contribution in [3.8, 4) is 6.07 Å². The van der Waals surface area contributed by atoms with Gasteiger partial charge in [-0.25, -0.2) is 4.85 Å². The molecule has 0 amide bonds. The Balaban J connectivity index is 1.04. The van der Waals surface area contributed by atoms with Crippen molar-refractivity contribution in [2.45, 2.75) is 41.5 Å². The zero-order chi connectivity index (χ0) is 44.0. The van der Waals surface area contributed by atoms with E-state index < -0.39 is 0 Å². The second-order valence-electron chi connectivity index (χ2n) is 17.1. The molecular weight excluding hydrogens is 785 g/mol. The van der Waals surface area contributed by atoms with Crippen LogP contribution in [-0.4, -0.2) is 0 Å². The molecular formula is C58H42N4O2. The van der Waals surface area contributed by atoms with Gasteiger partial charge < -0.3 is 18.6 Å². The van der Waals surface area contributed by atoms with Crippen LogP contribution in [0.4, 0.5) is 39.8 Å². The van der Waals surface area contributed by atoms with Crippen LogP contribution in [0.1, 0.15) is 38.9 Å². The number of nitrogens with zero attached hydrogens (tertiary/aromatic N) is 4. The molecule has 0 aliphatic heterocycles. The lowest BCUT2D eigenvalue weighted by molar-refractivity contribution is 0.663. The Bertz CT molecular complexity index is 3520. The second kappa shape index (κ2) is 14.7. The Morgan fingerprint density at radius 3 is 1.23 bits per heavy atom. The topological polar surface area (TPSA) is 60.9 Å². The van der Waals surface area contributed by atoms with E-state index in [2.05, 4.69) is 147 Å². The molecule has 11 rings (SSSR count). The minimum atomic E-state index is 0.610. The fourth-order valence-electron chi connectivity index (χ4n) is 9.41. The fraction of sp³-hybridized carbons (Fsp3) is 0.103. The van der Waals surface area contributed by atoms with E-state index in [0.717, 1.165) is 99.5 Å². The summed E-state index contributed by atoms with van der Waals surface area (Å²) >= 11 is 0. The maximum absolute atomic E-state index is 9.54. The molecule has 0 unspecified atom stereocenters. The normalized spacial score (nSPS) is 11.6. The highest BCUT2D eigenvalue weighted by atomic mass is 16.3. The monoisotopic (exact) mass is 826 g/mol. The van der Waals surface area contributed by atoms with Gasteiger partial charge in [0.1, 0.15) is 22.3 Å². The first-order chi connectivity index (χ1) is 31.0. The predicted molar refractivity (Wildman–Crippen MR) is 265 cm³/mol. The molecule has 306 valence electrons. The van der Waals surface area contributed by atoms with Crippen LogP contribution in [0.25, 0.3) is 70.3 Å². The van der Waals surface area contributed by atoms with E-state index in [0.29, 0.717) is 11.3 Å². The van der Waals surface area contributed by atoms with Gasteiger partial charge >= 0.3 is 0 Å². The molecule has 0 saturated heterocycles. The molecule has 11 aromatic rings. The minimum Gasteiger partial charge on any atom is -0.456 e. The summed E-state index contributed by atoms with van der Waals surface area (Å²) in [4.78, 5) is 8.15. The lowest BCUT2D eigenvalue weighted by Crippen LogP contribution is -2.11. The van der Waals surface area contributed by atoms with Crippen LogP contribution in [0, 0.1) is 59.4 Å². The standard InChI is InChI=1S/C58H42N4O2/c1-33-22-49(23-34(2)37(33)5)61(45-14-8-39(32-59)9-15-45)47-16-10-40-28-51-55(30-42(40)26-47)63-53-20-21-54-58(57(51)53)52-29-41-11-17-48(27-43(41)31-56(52)64-54)62(46-18-12-44(60-7)13-19-46)50-24-35(3)38(6)36(4)25-50/h8-31H,1-6H3. The van der Waals surface area contributed by atoms with Gasteiger partial charge in [-0.05, 0) is 218 Å². The minimum absolute atomic E-state index is 0.610. The zero-order valence-electron chi connectivity index (χ0n) is 36.5. The smallest absolute Gasteiger partial charge is 0.187 e. The lowest BCUT2D eigenvalue weighted by atomic mass is 9.99. The number of furan rings is 2. The second-order valence-corrected chi connectivity index (χ2v) is 17.1. The number of hydrogen-bond donors (Lipinski definition) is 0. The van der Waals surface area contributed by atoms with Gasteiger partial charge in [-0.15, -0.1) is 0 Å². The summed E-state index contributed by atoms with van der Waals surface area (Å²) in [5.74, 6) is 0. The summed E-state index contributed by atoms with van der Waals surface area (Å²) in [5.41, 5.74) is 18.1. The quantitative estimate of drug-likeness (QED) is 0.156. The predicted octanol–water partition coefficient (Wildman–Crippen LogP) is 17.0. The molecule has 0 atom stereocenters. The molecule has 2 aromatic heterocycles. The summed E-state index contributed by atoms with van der Waals surface area (Å²) in [5, 5.41) is 18.0. The van der Waals surface area contributed by atoms with Gasteiger partial charge in [0.25, 0.3) is 0 Å². The van der Waals surface area contributed by atoms with Gasteiger partial charge in [-0.2, -0.15) is 5.26 Å². The third-order valence-electron chi connectivity index (χ3n) is 13.3. The Morgan fingerprint density at radius 2 is 0.828 bits per heavy atom. The SMILES string of the molecule is [C-]#[N+]c1ccc(N(c2cc(C)c(C)c(C)c2)c2ccc3cc4c(cc3c2)oc2ccc3oc5cc6cc(N(c7ccc(C#N)cc7)c7cc(C)c(C)c(C)c7)ccc6cc5c3c24)cc1. The van der Waals surface area contributed by atoms with E-state index >= 15 is 0 Å². The highest BCUT2D eigenvalue weighted by molar-refractivity contribution is 6.28. The van der Waals surface area contributed by atoms with Gasteiger partial charge in [0.05, 0.1) is 18.2 Å². The molecule has 2 heterocycles. The van der Waals surface area contributed by atoms with Crippen LogP contribution in [0.2, 0.25) is 0 Å². The molecule has 6 nitrogen and oxygen atoms in total. The number of fused-ring (bicyclic) bond motifs is 9. The Labute approximate surface area is 371 Å². The van der Waals surface area contributed by atoms with Gasteiger partial charge in [-0.3, -0.25) is 0 Å². The van der Waals surface area contributed by atoms with E-state index in [1.54, 1.807) is 0 Å². The van der Waals surface area contributed by atoms with Crippen LogP contribution in [0.15, 0.2) is 154 Å². The molecule has 0 radical (unpaired) electrons. The summed E-state index contributed by atoms with van der Waals surface area (Å²) in [6, 6.07) is 52.8. The van der Waals surface area contributed by atoms with Crippen LogP contribution in [-0.2, 0) is 0 Å². The Hall–Kier alpha value is -8.32. The summed E-state index contributed by atoms with van der Waals surface area (Å²) in [7, 11) is 0. The van der Waals surface area contributed by atoms with Crippen molar-refractivity contribution >= 4 is 105 Å². The number of hydrogen-bond acceptors (Lipinski definition) is 5. The first-order valence-electron chi connectivity index (χ1n) is 21.5. The molecule has 0 aliphatic rings. The van der Waals surface area contributed by atoms with Gasteiger partial charge in [-0.1, -0.05) is 24.3 Å². The number of rotatable bonds is 6. The third kappa shape index (κ3) is 6.23. The Kier molecular flexibility index (Phi) is 8.84. The first kappa shape index (κ1) is 38.6. The molecule has 0 spiro atoms. The number of aryl methyl sites for hydroxylation is 4. The van der Waals surface area contributed by atoms with Gasteiger partial charge in [0.2, 0.25) is 0 Å². The van der Waals surface area contributed by atoms with Gasteiger partial charge in [0, 0.05) is 55.7 Å². The molecule has 0 saturated carbocycles. The highest BCUT2D eigenvalue weighted by Crippen LogP contribution is 2.45.